The summed E-state index contributed by atoms with van der Waals surface area (Å²) in [7, 11) is 0. The van der Waals surface area contributed by atoms with Crippen LogP contribution in [-0.2, 0) is 11.3 Å². The molecule has 0 aliphatic carbocycles. The molecule has 0 bridgehead atoms. The van der Waals surface area contributed by atoms with Crippen molar-refractivity contribution in [1.82, 2.24) is 10.3 Å². The third-order valence-corrected chi connectivity index (χ3v) is 5.42. The molecule has 2 N–H and O–H groups in total. The first-order valence-corrected chi connectivity index (χ1v) is 11.2. The van der Waals surface area contributed by atoms with Gasteiger partial charge >= 0.3 is 0 Å². The van der Waals surface area contributed by atoms with Crippen LogP contribution in [0.25, 0.3) is 22.8 Å². The highest BCUT2D eigenvalue weighted by atomic mass is 16.4. The fraction of sp³-hybridized carbons (Fsp3) is 0.179. The first-order chi connectivity index (χ1) is 16.4. The molecule has 0 radical (unpaired) electrons. The molecule has 0 saturated carbocycles. The molecule has 0 saturated heterocycles. The maximum absolute atomic E-state index is 13.0. The van der Waals surface area contributed by atoms with Crippen LogP contribution in [0.3, 0.4) is 0 Å². The molecular formula is C28H27N3O3. The molecule has 3 aromatic carbocycles. The second kappa shape index (κ2) is 10.2. The van der Waals surface area contributed by atoms with Crippen molar-refractivity contribution in [3.05, 3.63) is 95.7 Å². The largest absolute Gasteiger partial charge is 0.436 e. The Morgan fingerprint density at radius 3 is 2.50 bits per heavy atom. The van der Waals surface area contributed by atoms with Gasteiger partial charge in [-0.05, 0) is 36.8 Å². The van der Waals surface area contributed by atoms with Crippen LogP contribution in [0.2, 0.25) is 0 Å². The minimum absolute atomic E-state index is 0.0499. The number of anilines is 1. The summed E-state index contributed by atoms with van der Waals surface area (Å²) >= 11 is 0. The van der Waals surface area contributed by atoms with Gasteiger partial charge in [0.2, 0.25) is 11.8 Å². The molecule has 0 spiro atoms. The quantitative estimate of drug-likeness (QED) is 0.368. The van der Waals surface area contributed by atoms with Crippen LogP contribution in [-0.4, -0.2) is 16.8 Å². The van der Waals surface area contributed by atoms with Crippen molar-refractivity contribution in [3.8, 4) is 22.8 Å². The highest BCUT2D eigenvalue weighted by Crippen LogP contribution is 2.28. The van der Waals surface area contributed by atoms with Crippen LogP contribution >= 0.6 is 0 Å². The summed E-state index contributed by atoms with van der Waals surface area (Å²) in [6.07, 6.45) is 1.67. The van der Waals surface area contributed by atoms with E-state index in [9.17, 15) is 9.59 Å². The van der Waals surface area contributed by atoms with Crippen LogP contribution in [0, 0.1) is 12.8 Å². The Morgan fingerprint density at radius 2 is 1.74 bits per heavy atom. The zero-order chi connectivity index (χ0) is 24.1. The zero-order valence-electron chi connectivity index (χ0n) is 19.5. The van der Waals surface area contributed by atoms with Gasteiger partial charge < -0.3 is 15.1 Å². The summed E-state index contributed by atoms with van der Waals surface area (Å²) in [5.41, 5.74) is 4.77. The van der Waals surface area contributed by atoms with Crippen molar-refractivity contribution in [2.45, 2.75) is 27.3 Å². The molecule has 6 nitrogen and oxygen atoms in total. The molecule has 34 heavy (non-hydrogen) atoms. The van der Waals surface area contributed by atoms with Crippen molar-refractivity contribution in [2.75, 3.05) is 5.32 Å². The zero-order valence-corrected chi connectivity index (χ0v) is 19.5. The molecule has 172 valence electrons. The van der Waals surface area contributed by atoms with Crippen molar-refractivity contribution in [1.29, 1.82) is 0 Å². The molecule has 6 heteroatoms. The number of nitrogens with zero attached hydrogens (tertiary/aromatic N) is 1. The lowest BCUT2D eigenvalue weighted by atomic mass is 10.1. The van der Waals surface area contributed by atoms with Gasteiger partial charge in [0.15, 0.2) is 5.76 Å². The molecular weight excluding hydrogens is 426 g/mol. The number of amides is 2. The summed E-state index contributed by atoms with van der Waals surface area (Å²) in [6, 6.07) is 22.7. The molecule has 4 aromatic rings. The third-order valence-electron chi connectivity index (χ3n) is 5.42. The van der Waals surface area contributed by atoms with Crippen molar-refractivity contribution >= 4 is 17.5 Å². The Kier molecular flexibility index (Phi) is 6.87. The summed E-state index contributed by atoms with van der Waals surface area (Å²) in [4.78, 5) is 29.4. The number of hydrogen-bond acceptors (Lipinski definition) is 4. The van der Waals surface area contributed by atoms with Gasteiger partial charge in [-0.15, -0.1) is 0 Å². The minimum atomic E-state index is -0.234. The van der Waals surface area contributed by atoms with E-state index < -0.39 is 0 Å². The Labute approximate surface area is 199 Å². The number of aryl methyl sites for hydroxylation is 1. The third kappa shape index (κ3) is 5.41. The molecule has 4 rings (SSSR count). The van der Waals surface area contributed by atoms with Gasteiger partial charge in [0, 0.05) is 29.3 Å². The highest BCUT2D eigenvalue weighted by molar-refractivity contribution is 6.00. The van der Waals surface area contributed by atoms with Crippen LogP contribution < -0.4 is 10.6 Å². The number of oxazole rings is 1. The number of hydrogen-bond donors (Lipinski definition) is 2. The van der Waals surface area contributed by atoms with E-state index in [1.807, 2.05) is 87.5 Å². The minimum Gasteiger partial charge on any atom is -0.436 e. The maximum Gasteiger partial charge on any atom is 0.252 e. The summed E-state index contributed by atoms with van der Waals surface area (Å²) < 4.78 is 5.99. The second-order valence-corrected chi connectivity index (χ2v) is 8.47. The average molecular weight is 454 g/mol. The van der Waals surface area contributed by atoms with E-state index in [0.29, 0.717) is 35.0 Å². The van der Waals surface area contributed by atoms with Gasteiger partial charge in [0.25, 0.3) is 5.91 Å². The maximum atomic E-state index is 13.0. The molecule has 0 aliphatic heterocycles. The van der Waals surface area contributed by atoms with Crippen LogP contribution in [0.15, 0.2) is 83.4 Å². The smallest absolute Gasteiger partial charge is 0.252 e. The summed E-state index contributed by atoms with van der Waals surface area (Å²) in [6.45, 7) is 6.03. The Hall–Kier alpha value is -4.19. The van der Waals surface area contributed by atoms with E-state index in [1.54, 1.807) is 12.3 Å². The average Bonchev–Trinajstić information content (AvgIpc) is 3.33. The van der Waals surface area contributed by atoms with Gasteiger partial charge in [-0.2, -0.15) is 0 Å². The molecule has 0 fully saturated rings. The monoisotopic (exact) mass is 453 g/mol. The number of benzene rings is 3. The van der Waals surface area contributed by atoms with Gasteiger partial charge in [-0.1, -0.05) is 67.9 Å². The van der Waals surface area contributed by atoms with E-state index in [1.165, 1.54) is 5.56 Å². The fourth-order valence-electron chi connectivity index (χ4n) is 3.44. The second-order valence-electron chi connectivity index (χ2n) is 8.47. The lowest BCUT2D eigenvalue weighted by molar-refractivity contribution is -0.118. The molecule has 0 unspecified atom stereocenters. The van der Waals surface area contributed by atoms with E-state index in [4.69, 9.17) is 4.42 Å². The predicted octanol–water partition coefficient (Wildman–Crippen LogP) is 5.84. The molecule has 0 atom stereocenters. The number of nitrogens with one attached hydrogen (secondary N) is 2. The van der Waals surface area contributed by atoms with E-state index in [0.717, 1.165) is 11.1 Å². The predicted molar refractivity (Wildman–Crippen MR) is 133 cm³/mol. The number of carbonyl (C=O) groups excluding carboxylic acids is 2. The van der Waals surface area contributed by atoms with Gasteiger partial charge in [0.05, 0.1) is 11.8 Å². The van der Waals surface area contributed by atoms with Gasteiger partial charge in [0.1, 0.15) is 0 Å². The van der Waals surface area contributed by atoms with Crippen molar-refractivity contribution in [3.63, 3.8) is 0 Å². The molecule has 2 amide bonds. The standard InChI is InChI=1S/C28H27N3O3/c1-18(2)26(32)31-22-8-6-7-20(15-22)16-29-27(33)23-9-4-5-10-24(23)28-30-17-25(34-28)21-13-11-19(3)12-14-21/h4-15,17-18H,16H2,1-3H3,(H,29,33)(H,31,32). The topological polar surface area (TPSA) is 84.2 Å². The summed E-state index contributed by atoms with van der Waals surface area (Å²) in [5, 5.41) is 5.83. The number of carbonyl (C=O) groups is 2. The lowest BCUT2D eigenvalue weighted by Gasteiger charge is -2.11. The van der Waals surface area contributed by atoms with Crippen LogP contribution in [0.4, 0.5) is 5.69 Å². The normalized spacial score (nSPS) is 10.8. The van der Waals surface area contributed by atoms with Crippen molar-refractivity contribution in [2.24, 2.45) is 5.92 Å². The lowest BCUT2D eigenvalue weighted by Crippen LogP contribution is -2.23. The molecule has 0 aliphatic rings. The SMILES string of the molecule is Cc1ccc(-c2cnc(-c3ccccc3C(=O)NCc3cccc(NC(=O)C(C)C)c3)o2)cc1. The fourth-order valence-corrected chi connectivity index (χ4v) is 3.44. The van der Waals surface area contributed by atoms with Crippen LogP contribution in [0.1, 0.15) is 35.3 Å². The van der Waals surface area contributed by atoms with Gasteiger partial charge in [-0.3, -0.25) is 9.59 Å². The van der Waals surface area contributed by atoms with E-state index in [2.05, 4.69) is 15.6 Å². The Balaban J connectivity index is 1.49. The summed E-state index contributed by atoms with van der Waals surface area (Å²) in [5.74, 6) is 0.639. The van der Waals surface area contributed by atoms with E-state index in [-0.39, 0.29) is 17.7 Å². The number of rotatable bonds is 7. The highest BCUT2D eigenvalue weighted by Gasteiger charge is 2.17. The Bertz CT molecular complexity index is 1310. The van der Waals surface area contributed by atoms with Crippen molar-refractivity contribution < 1.29 is 14.0 Å². The van der Waals surface area contributed by atoms with E-state index >= 15 is 0 Å². The molecule has 1 aromatic heterocycles. The Morgan fingerprint density at radius 1 is 0.971 bits per heavy atom. The first-order valence-electron chi connectivity index (χ1n) is 11.2. The first kappa shape index (κ1) is 23.0. The number of aromatic nitrogens is 1. The molecule has 1 heterocycles. The van der Waals surface area contributed by atoms with Crippen LogP contribution in [0.5, 0.6) is 0 Å². The van der Waals surface area contributed by atoms with Gasteiger partial charge in [-0.25, -0.2) is 4.98 Å².